The Hall–Kier alpha value is -1.64. The summed E-state index contributed by atoms with van der Waals surface area (Å²) in [5.41, 5.74) is 1.87. The predicted molar refractivity (Wildman–Crippen MR) is 62.9 cm³/mol. The molecular formula is C12H15N3. The number of nitrogens with zero attached hydrogens (tertiary/aromatic N) is 2. The molecular weight excluding hydrogens is 186 g/mol. The molecule has 0 amide bonds. The van der Waals surface area contributed by atoms with Crippen LogP contribution in [0.3, 0.4) is 0 Å². The van der Waals surface area contributed by atoms with Crippen molar-refractivity contribution in [2.75, 3.05) is 5.32 Å². The van der Waals surface area contributed by atoms with Gasteiger partial charge in [0.25, 0.3) is 0 Å². The van der Waals surface area contributed by atoms with Crippen LogP contribution >= 0.6 is 0 Å². The average Bonchev–Trinajstić information content (AvgIpc) is 2.29. The van der Waals surface area contributed by atoms with Crippen LogP contribution in [0.15, 0.2) is 30.5 Å². The zero-order chi connectivity index (χ0) is 10.7. The Labute approximate surface area is 89.6 Å². The van der Waals surface area contributed by atoms with E-state index < -0.39 is 0 Å². The van der Waals surface area contributed by atoms with Gasteiger partial charge in [0, 0.05) is 6.04 Å². The maximum Gasteiger partial charge on any atom is 0.145 e. The molecule has 2 rings (SSSR count). The Morgan fingerprint density at radius 1 is 1.27 bits per heavy atom. The van der Waals surface area contributed by atoms with E-state index >= 15 is 0 Å². The van der Waals surface area contributed by atoms with E-state index in [1.165, 1.54) is 0 Å². The fraction of sp³-hybridized carbons (Fsp3) is 0.333. The summed E-state index contributed by atoms with van der Waals surface area (Å²) < 4.78 is 0. The van der Waals surface area contributed by atoms with Crippen molar-refractivity contribution < 1.29 is 0 Å². The molecule has 1 N–H and O–H groups in total. The van der Waals surface area contributed by atoms with Crippen molar-refractivity contribution in [2.45, 2.75) is 26.3 Å². The van der Waals surface area contributed by atoms with Crippen molar-refractivity contribution in [1.29, 1.82) is 0 Å². The summed E-state index contributed by atoms with van der Waals surface area (Å²) in [5.74, 6) is 0.850. The lowest BCUT2D eigenvalue weighted by Gasteiger charge is -2.11. The molecule has 1 aromatic heterocycles. The molecule has 15 heavy (non-hydrogen) atoms. The molecule has 0 aliphatic rings. The molecule has 1 unspecified atom stereocenters. The highest BCUT2D eigenvalue weighted by atomic mass is 15.0. The van der Waals surface area contributed by atoms with E-state index in [0.717, 1.165) is 23.3 Å². The molecule has 1 atom stereocenters. The molecule has 0 bridgehead atoms. The topological polar surface area (TPSA) is 37.8 Å². The third-order valence-corrected chi connectivity index (χ3v) is 2.46. The van der Waals surface area contributed by atoms with Gasteiger partial charge >= 0.3 is 0 Å². The molecule has 3 heteroatoms. The number of rotatable bonds is 3. The molecule has 0 radical (unpaired) electrons. The van der Waals surface area contributed by atoms with E-state index in [4.69, 9.17) is 0 Å². The van der Waals surface area contributed by atoms with Crippen LogP contribution < -0.4 is 5.32 Å². The molecule has 2 aromatic rings. The van der Waals surface area contributed by atoms with Crippen molar-refractivity contribution in [3.63, 3.8) is 0 Å². The van der Waals surface area contributed by atoms with Crippen LogP contribution in [-0.2, 0) is 0 Å². The Bertz CT molecular complexity index is 453. The van der Waals surface area contributed by atoms with Crippen molar-refractivity contribution in [3.8, 4) is 0 Å². The SMILES string of the molecule is CCC(C)Nc1cnc2ccccc2n1. The Balaban J connectivity index is 2.30. The highest BCUT2D eigenvalue weighted by molar-refractivity contribution is 5.75. The monoisotopic (exact) mass is 201 g/mol. The zero-order valence-corrected chi connectivity index (χ0v) is 9.07. The van der Waals surface area contributed by atoms with Crippen molar-refractivity contribution in [3.05, 3.63) is 30.5 Å². The van der Waals surface area contributed by atoms with Crippen LogP contribution in [0.25, 0.3) is 11.0 Å². The number of para-hydroxylation sites is 2. The number of aromatic nitrogens is 2. The quantitative estimate of drug-likeness (QED) is 0.829. The molecule has 0 aliphatic carbocycles. The number of anilines is 1. The third-order valence-electron chi connectivity index (χ3n) is 2.46. The molecule has 78 valence electrons. The third kappa shape index (κ3) is 2.24. The normalized spacial score (nSPS) is 12.7. The second-order valence-corrected chi connectivity index (χ2v) is 3.70. The maximum absolute atomic E-state index is 4.49. The second kappa shape index (κ2) is 4.26. The van der Waals surface area contributed by atoms with Crippen molar-refractivity contribution >= 4 is 16.9 Å². The summed E-state index contributed by atoms with van der Waals surface area (Å²) in [6.07, 6.45) is 2.86. The van der Waals surface area contributed by atoms with Gasteiger partial charge < -0.3 is 5.32 Å². The number of benzene rings is 1. The van der Waals surface area contributed by atoms with Gasteiger partial charge in [-0.3, -0.25) is 4.98 Å². The van der Waals surface area contributed by atoms with Gasteiger partial charge in [0.05, 0.1) is 17.2 Å². The van der Waals surface area contributed by atoms with Gasteiger partial charge in [-0.2, -0.15) is 0 Å². The summed E-state index contributed by atoms with van der Waals surface area (Å²) >= 11 is 0. The fourth-order valence-corrected chi connectivity index (χ4v) is 1.38. The van der Waals surface area contributed by atoms with Gasteiger partial charge in [0.15, 0.2) is 0 Å². The van der Waals surface area contributed by atoms with Gasteiger partial charge in [-0.15, -0.1) is 0 Å². The maximum atomic E-state index is 4.49. The Kier molecular flexibility index (Phi) is 2.81. The van der Waals surface area contributed by atoms with E-state index in [9.17, 15) is 0 Å². The summed E-state index contributed by atoms with van der Waals surface area (Å²) in [4.78, 5) is 8.83. The van der Waals surface area contributed by atoms with Gasteiger partial charge in [0.1, 0.15) is 5.82 Å². The first kappa shape index (κ1) is 9.90. The summed E-state index contributed by atoms with van der Waals surface area (Å²) in [7, 11) is 0. The lowest BCUT2D eigenvalue weighted by atomic mass is 10.2. The van der Waals surface area contributed by atoms with Crippen LogP contribution in [0.2, 0.25) is 0 Å². The van der Waals surface area contributed by atoms with Gasteiger partial charge in [0.2, 0.25) is 0 Å². The molecule has 0 fully saturated rings. The minimum absolute atomic E-state index is 0.431. The number of hydrogen-bond acceptors (Lipinski definition) is 3. The number of hydrogen-bond donors (Lipinski definition) is 1. The largest absolute Gasteiger partial charge is 0.366 e. The second-order valence-electron chi connectivity index (χ2n) is 3.70. The fourth-order valence-electron chi connectivity index (χ4n) is 1.38. The van der Waals surface area contributed by atoms with Crippen molar-refractivity contribution in [1.82, 2.24) is 9.97 Å². The van der Waals surface area contributed by atoms with E-state index in [-0.39, 0.29) is 0 Å². The molecule has 0 saturated carbocycles. The van der Waals surface area contributed by atoms with Crippen LogP contribution in [0, 0.1) is 0 Å². The van der Waals surface area contributed by atoms with Crippen LogP contribution in [0.5, 0.6) is 0 Å². The van der Waals surface area contributed by atoms with Crippen molar-refractivity contribution in [2.24, 2.45) is 0 Å². The van der Waals surface area contributed by atoms with Crippen LogP contribution in [0.4, 0.5) is 5.82 Å². The minimum atomic E-state index is 0.431. The standard InChI is InChI=1S/C12H15N3/c1-3-9(2)14-12-8-13-10-6-4-5-7-11(10)15-12/h4-9H,3H2,1-2H3,(H,14,15). The number of fused-ring (bicyclic) bond motifs is 1. The van der Waals surface area contributed by atoms with Crippen LogP contribution in [-0.4, -0.2) is 16.0 Å². The molecule has 1 heterocycles. The first-order valence-electron chi connectivity index (χ1n) is 5.28. The first-order valence-corrected chi connectivity index (χ1v) is 5.28. The molecule has 0 saturated heterocycles. The summed E-state index contributed by atoms with van der Waals surface area (Å²) in [6.45, 7) is 4.28. The summed E-state index contributed by atoms with van der Waals surface area (Å²) in [5, 5.41) is 3.31. The summed E-state index contributed by atoms with van der Waals surface area (Å²) in [6, 6.07) is 8.32. The zero-order valence-electron chi connectivity index (χ0n) is 9.07. The lowest BCUT2D eigenvalue weighted by molar-refractivity contribution is 0.759. The average molecular weight is 201 g/mol. The van der Waals surface area contributed by atoms with E-state index in [0.29, 0.717) is 6.04 Å². The van der Waals surface area contributed by atoms with E-state index in [1.54, 1.807) is 6.20 Å². The van der Waals surface area contributed by atoms with E-state index in [1.807, 2.05) is 24.3 Å². The number of nitrogens with one attached hydrogen (secondary N) is 1. The predicted octanol–water partition coefficient (Wildman–Crippen LogP) is 2.84. The van der Waals surface area contributed by atoms with Gasteiger partial charge in [-0.25, -0.2) is 4.98 Å². The molecule has 0 spiro atoms. The Morgan fingerprint density at radius 3 is 2.73 bits per heavy atom. The van der Waals surface area contributed by atoms with Crippen LogP contribution in [0.1, 0.15) is 20.3 Å². The molecule has 0 aliphatic heterocycles. The Morgan fingerprint density at radius 2 is 2.00 bits per heavy atom. The molecule has 1 aromatic carbocycles. The van der Waals surface area contributed by atoms with E-state index in [2.05, 4.69) is 29.1 Å². The smallest absolute Gasteiger partial charge is 0.145 e. The highest BCUT2D eigenvalue weighted by Crippen LogP contribution is 2.12. The first-order chi connectivity index (χ1) is 7.29. The molecule has 3 nitrogen and oxygen atoms in total. The van der Waals surface area contributed by atoms with Gasteiger partial charge in [-0.1, -0.05) is 19.1 Å². The lowest BCUT2D eigenvalue weighted by Crippen LogP contribution is -2.14. The van der Waals surface area contributed by atoms with Gasteiger partial charge in [-0.05, 0) is 25.5 Å². The highest BCUT2D eigenvalue weighted by Gasteiger charge is 2.01. The minimum Gasteiger partial charge on any atom is -0.366 e.